The van der Waals surface area contributed by atoms with Crippen molar-refractivity contribution >= 4 is 21.6 Å². The van der Waals surface area contributed by atoms with Gasteiger partial charge >= 0.3 is 0 Å². The van der Waals surface area contributed by atoms with Gasteiger partial charge in [0.2, 0.25) is 15.9 Å². The number of halogens is 1. The molecule has 0 spiro atoms. The van der Waals surface area contributed by atoms with Crippen molar-refractivity contribution in [2.24, 2.45) is 0 Å². The molecule has 0 unspecified atom stereocenters. The fraction of sp³-hybridized carbons (Fsp3) is 0.316. The summed E-state index contributed by atoms with van der Waals surface area (Å²) in [5, 5.41) is 2.78. The second kappa shape index (κ2) is 8.31. The Morgan fingerprint density at radius 3 is 2.38 bits per heavy atom. The van der Waals surface area contributed by atoms with Crippen LogP contribution in [0.4, 0.5) is 10.1 Å². The van der Waals surface area contributed by atoms with Gasteiger partial charge in [-0.25, -0.2) is 12.8 Å². The number of aryl methyl sites for hydroxylation is 1. The number of hydrogen-bond donors (Lipinski definition) is 1. The molecular formula is C19H23FN2O3S. The van der Waals surface area contributed by atoms with Crippen molar-refractivity contribution in [3.05, 3.63) is 65.5 Å². The molecule has 1 N–H and O–H groups in total. The average Bonchev–Trinajstić information content (AvgIpc) is 2.58. The number of carbonyl (C=O) groups is 1. The molecule has 1 atom stereocenters. The van der Waals surface area contributed by atoms with Crippen LogP contribution in [0.2, 0.25) is 0 Å². The number of rotatable bonds is 7. The maximum Gasteiger partial charge on any atom is 0.241 e. The number of benzene rings is 2. The van der Waals surface area contributed by atoms with Crippen molar-refractivity contribution < 1.29 is 17.6 Å². The normalized spacial score (nSPS) is 12.5. The molecule has 0 aliphatic heterocycles. The third-order valence-corrected chi connectivity index (χ3v) is 5.19. The standard InChI is InChI=1S/C19H23FN2O3S/c1-4-15-8-10-16(11-9-15)14(2)21-19(23)13-22(26(3,24)25)18-7-5-6-17(20)12-18/h5-12,14H,4,13H2,1-3H3,(H,21,23)/t14-/m1/s1. The van der Waals surface area contributed by atoms with Crippen LogP contribution < -0.4 is 9.62 Å². The molecule has 0 aliphatic rings. The summed E-state index contributed by atoms with van der Waals surface area (Å²) >= 11 is 0. The fourth-order valence-corrected chi connectivity index (χ4v) is 3.42. The summed E-state index contributed by atoms with van der Waals surface area (Å²) < 4.78 is 38.4. The van der Waals surface area contributed by atoms with Gasteiger partial charge in [0.05, 0.1) is 18.0 Å². The number of sulfonamides is 1. The quantitative estimate of drug-likeness (QED) is 0.805. The van der Waals surface area contributed by atoms with Gasteiger partial charge in [-0.3, -0.25) is 9.10 Å². The first kappa shape index (κ1) is 19.9. The maximum absolute atomic E-state index is 13.4. The van der Waals surface area contributed by atoms with E-state index in [1.807, 2.05) is 31.2 Å². The summed E-state index contributed by atoms with van der Waals surface area (Å²) in [6.07, 6.45) is 1.91. The lowest BCUT2D eigenvalue weighted by Crippen LogP contribution is -2.41. The molecule has 2 rings (SSSR count). The monoisotopic (exact) mass is 378 g/mol. The Labute approximate surface area is 153 Å². The first-order chi connectivity index (χ1) is 12.2. The third kappa shape index (κ3) is 5.29. The van der Waals surface area contributed by atoms with Crippen molar-refractivity contribution in [2.45, 2.75) is 26.3 Å². The van der Waals surface area contributed by atoms with Crippen LogP contribution >= 0.6 is 0 Å². The smallest absolute Gasteiger partial charge is 0.241 e. The van der Waals surface area contributed by atoms with Crippen LogP contribution in [0.5, 0.6) is 0 Å². The van der Waals surface area contributed by atoms with E-state index in [-0.39, 0.29) is 11.7 Å². The molecule has 0 radical (unpaired) electrons. The van der Waals surface area contributed by atoms with E-state index in [2.05, 4.69) is 12.2 Å². The van der Waals surface area contributed by atoms with E-state index in [0.717, 1.165) is 28.6 Å². The zero-order valence-corrected chi connectivity index (χ0v) is 15.9. The molecule has 5 nitrogen and oxygen atoms in total. The first-order valence-electron chi connectivity index (χ1n) is 8.32. The summed E-state index contributed by atoms with van der Waals surface area (Å²) in [5.74, 6) is -1.03. The van der Waals surface area contributed by atoms with Crippen molar-refractivity contribution in [1.82, 2.24) is 5.32 Å². The molecule has 26 heavy (non-hydrogen) atoms. The lowest BCUT2D eigenvalue weighted by Gasteiger charge is -2.23. The van der Waals surface area contributed by atoms with Crippen LogP contribution in [0.15, 0.2) is 48.5 Å². The van der Waals surface area contributed by atoms with Gasteiger partial charge in [-0.2, -0.15) is 0 Å². The molecule has 0 fully saturated rings. The summed E-state index contributed by atoms with van der Waals surface area (Å²) in [6, 6.07) is 12.7. The van der Waals surface area contributed by atoms with Gasteiger partial charge in [0.25, 0.3) is 0 Å². The molecule has 2 aromatic carbocycles. The van der Waals surface area contributed by atoms with Gasteiger partial charge in [-0.1, -0.05) is 37.3 Å². The zero-order chi connectivity index (χ0) is 19.3. The molecule has 0 saturated heterocycles. The van der Waals surface area contributed by atoms with Crippen LogP contribution in [0.1, 0.15) is 31.0 Å². The lowest BCUT2D eigenvalue weighted by molar-refractivity contribution is -0.120. The van der Waals surface area contributed by atoms with Gasteiger partial charge in [-0.05, 0) is 42.7 Å². The Morgan fingerprint density at radius 1 is 1.19 bits per heavy atom. The predicted octanol–water partition coefficient (Wildman–Crippen LogP) is 3.03. The van der Waals surface area contributed by atoms with Crippen LogP contribution in [-0.2, 0) is 21.2 Å². The molecule has 2 aromatic rings. The van der Waals surface area contributed by atoms with Crippen LogP contribution in [-0.4, -0.2) is 27.1 Å². The highest BCUT2D eigenvalue weighted by atomic mass is 32.2. The van der Waals surface area contributed by atoms with E-state index >= 15 is 0 Å². The second-order valence-corrected chi connectivity index (χ2v) is 8.04. The van der Waals surface area contributed by atoms with E-state index in [1.54, 1.807) is 0 Å². The van der Waals surface area contributed by atoms with Gasteiger partial charge < -0.3 is 5.32 Å². The molecule has 0 heterocycles. The maximum atomic E-state index is 13.4. The SMILES string of the molecule is CCc1ccc([C@@H](C)NC(=O)CN(c2cccc(F)c2)S(C)(=O)=O)cc1. The van der Waals surface area contributed by atoms with E-state index in [4.69, 9.17) is 0 Å². The highest BCUT2D eigenvalue weighted by molar-refractivity contribution is 7.92. The minimum Gasteiger partial charge on any atom is -0.348 e. The number of nitrogens with one attached hydrogen (secondary N) is 1. The molecule has 0 saturated carbocycles. The van der Waals surface area contributed by atoms with Crippen LogP contribution in [0.3, 0.4) is 0 Å². The van der Waals surface area contributed by atoms with E-state index in [9.17, 15) is 17.6 Å². The minimum atomic E-state index is -3.73. The number of anilines is 1. The largest absolute Gasteiger partial charge is 0.348 e. The van der Waals surface area contributed by atoms with Crippen LogP contribution in [0.25, 0.3) is 0 Å². The Balaban J connectivity index is 2.11. The zero-order valence-electron chi connectivity index (χ0n) is 15.1. The number of hydrogen-bond acceptors (Lipinski definition) is 3. The van der Waals surface area contributed by atoms with E-state index in [0.29, 0.717) is 0 Å². The van der Waals surface area contributed by atoms with Gasteiger partial charge in [-0.15, -0.1) is 0 Å². The molecule has 0 bridgehead atoms. The number of carbonyl (C=O) groups excluding carboxylic acids is 1. The average molecular weight is 378 g/mol. The highest BCUT2D eigenvalue weighted by Gasteiger charge is 2.22. The molecule has 1 amide bonds. The Kier molecular flexibility index (Phi) is 6.37. The van der Waals surface area contributed by atoms with Gasteiger partial charge in [0.15, 0.2) is 0 Å². The molecule has 140 valence electrons. The third-order valence-electron chi connectivity index (χ3n) is 4.05. The summed E-state index contributed by atoms with van der Waals surface area (Å²) in [6.45, 7) is 3.47. The van der Waals surface area contributed by atoms with Crippen molar-refractivity contribution in [1.29, 1.82) is 0 Å². The van der Waals surface area contributed by atoms with Gasteiger partial charge in [0.1, 0.15) is 12.4 Å². The molecular weight excluding hydrogens is 355 g/mol. The summed E-state index contributed by atoms with van der Waals surface area (Å²) in [4.78, 5) is 12.4. The van der Waals surface area contributed by atoms with E-state index in [1.165, 1.54) is 23.8 Å². The lowest BCUT2D eigenvalue weighted by atomic mass is 10.1. The molecule has 0 aliphatic carbocycles. The number of nitrogens with zero attached hydrogens (tertiary/aromatic N) is 1. The topological polar surface area (TPSA) is 66.5 Å². The Morgan fingerprint density at radius 2 is 1.85 bits per heavy atom. The van der Waals surface area contributed by atoms with Gasteiger partial charge in [0, 0.05) is 0 Å². The Hall–Kier alpha value is -2.41. The van der Waals surface area contributed by atoms with Crippen LogP contribution in [0, 0.1) is 5.82 Å². The summed E-state index contributed by atoms with van der Waals surface area (Å²) in [5.41, 5.74) is 2.23. The van der Waals surface area contributed by atoms with Crippen molar-refractivity contribution in [2.75, 3.05) is 17.1 Å². The molecule has 7 heteroatoms. The minimum absolute atomic E-state index is 0.114. The first-order valence-corrected chi connectivity index (χ1v) is 10.2. The summed E-state index contributed by atoms with van der Waals surface area (Å²) in [7, 11) is -3.73. The number of amides is 1. The fourth-order valence-electron chi connectivity index (χ4n) is 2.57. The van der Waals surface area contributed by atoms with Crippen molar-refractivity contribution in [3.63, 3.8) is 0 Å². The predicted molar refractivity (Wildman–Crippen MR) is 101 cm³/mol. The molecule has 0 aromatic heterocycles. The second-order valence-electron chi connectivity index (χ2n) is 6.13. The van der Waals surface area contributed by atoms with E-state index < -0.39 is 28.3 Å². The van der Waals surface area contributed by atoms with Crippen molar-refractivity contribution in [3.8, 4) is 0 Å². The highest BCUT2D eigenvalue weighted by Crippen LogP contribution is 2.19. The Bertz CT molecular complexity index is 867.